The van der Waals surface area contributed by atoms with Crippen molar-refractivity contribution in [2.45, 2.75) is 38.1 Å². The van der Waals surface area contributed by atoms with Gasteiger partial charge < -0.3 is 15.2 Å². The SMILES string of the molecule is NCc1ccc(OCC2CCCCO2)cc1C(F)(F)F. The van der Waals surface area contributed by atoms with E-state index in [1.165, 1.54) is 12.1 Å². The summed E-state index contributed by atoms with van der Waals surface area (Å²) in [5, 5.41) is 0. The third kappa shape index (κ3) is 3.86. The Morgan fingerprint density at radius 2 is 2.10 bits per heavy atom. The van der Waals surface area contributed by atoms with E-state index in [4.69, 9.17) is 15.2 Å². The quantitative estimate of drug-likeness (QED) is 0.926. The van der Waals surface area contributed by atoms with Crippen LogP contribution in [-0.4, -0.2) is 19.3 Å². The van der Waals surface area contributed by atoms with Crippen molar-refractivity contribution in [3.63, 3.8) is 0 Å². The molecule has 1 saturated heterocycles. The van der Waals surface area contributed by atoms with Gasteiger partial charge in [0.25, 0.3) is 0 Å². The fraction of sp³-hybridized carbons (Fsp3) is 0.571. The Bertz CT molecular complexity index is 443. The highest BCUT2D eigenvalue weighted by molar-refractivity contribution is 5.37. The topological polar surface area (TPSA) is 44.5 Å². The summed E-state index contributed by atoms with van der Waals surface area (Å²) < 4.78 is 49.5. The van der Waals surface area contributed by atoms with E-state index in [0.717, 1.165) is 25.3 Å². The molecule has 1 fully saturated rings. The number of alkyl halides is 3. The van der Waals surface area contributed by atoms with Gasteiger partial charge in [0.15, 0.2) is 0 Å². The zero-order chi connectivity index (χ0) is 14.6. The molecule has 1 heterocycles. The smallest absolute Gasteiger partial charge is 0.416 e. The van der Waals surface area contributed by atoms with E-state index in [9.17, 15) is 13.2 Å². The van der Waals surface area contributed by atoms with Crippen LogP contribution in [0, 0.1) is 0 Å². The summed E-state index contributed by atoms with van der Waals surface area (Å²) in [7, 11) is 0. The Hall–Kier alpha value is -1.27. The number of ether oxygens (including phenoxy) is 2. The van der Waals surface area contributed by atoms with E-state index in [0.29, 0.717) is 6.61 Å². The molecular weight excluding hydrogens is 271 g/mol. The zero-order valence-electron chi connectivity index (χ0n) is 11.1. The summed E-state index contributed by atoms with van der Waals surface area (Å²) in [5.74, 6) is 0.198. The molecule has 1 aliphatic rings. The van der Waals surface area contributed by atoms with E-state index in [1.54, 1.807) is 0 Å². The average molecular weight is 289 g/mol. The second-order valence-electron chi connectivity index (χ2n) is 4.82. The number of benzene rings is 1. The monoisotopic (exact) mass is 289 g/mol. The van der Waals surface area contributed by atoms with Crippen LogP contribution in [0.4, 0.5) is 13.2 Å². The highest BCUT2D eigenvalue weighted by Gasteiger charge is 2.33. The van der Waals surface area contributed by atoms with Crippen LogP contribution in [0.5, 0.6) is 5.75 Å². The lowest BCUT2D eigenvalue weighted by Gasteiger charge is -2.23. The van der Waals surface area contributed by atoms with Gasteiger partial charge in [0.1, 0.15) is 12.4 Å². The van der Waals surface area contributed by atoms with Crippen LogP contribution >= 0.6 is 0 Å². The third-order valence-electron chi connectivity index (χ3n) is 3.32. The van der Waals surface area contributed by atoms with Gasteiger partial charge >= 0.3 is 6.18 Å². The minimum atomic E-state index is -4.42. The van der Waals surface area contributed by atoms with Gasteiger partial charge in [-0.1, -0.05) is 6.07 Å². The minimum absolute atomic E-state index is 0.0349. The normalized spacial score (nSPS) is 19.9. The predicted molar refractivity (Wildman–Crippen MR) is 68.4 cm³/mol. The molecule has 2 rings (SSSR count). The molecule has 2 N–H and O–H groups in total. The van der Waals surface area contributed by atoms with Crippen LogP contribution in [0.1, 0.15) is 30.4 Å². The maximum atomic E-state index is 12.9. The Morgan fingerprint density at radius 1 is 1.30 bits per heavy atom. The molecule has 0 aliphatic carbocycles. The molecule has 0 amide bonds. The number of rotatable bonds is 4. The van der Waals surface area contributed by atoms with Crippen molar-refractivity contribution in [2.75, 3.05) is 13.2 Å². The third-order valence-corrected chi connectivity index (χ3v) is 3.32. The van der Waals surface area contributed by atoms with E-state index in [-0.39, 0.29) is 30.6 Å². The Balaban J connectivity index is 2.04. The lowest BCUT2D eigenvalue weighted by atomic mass is 10.1. The molecule has 0 spiro atoms. The molecule has 1 aliphatic heterocycles. The Labute approximate surface area is 115 Å². The molecule has 6 heteroatoms. The van der Waals surface area contributed by atoms with Crippen molar-refractivity contribution in [2.24, 2.45) is 5.73 Å². The van der Waals surface area contributed by atoms with Gasteiger partial charge in [-0.25, -0.2) is 0 Å². The Morgan fingerprint density at radius 3 is 2.70 bits per heavy atom. The van der Waals surface area contributed by atoms with Crippen LogP contribution < -0.4 is 10.5 Å². The van der Waals surface area contributed by atoms with Gasteiger partial charge in [-0.2, -0.15) is 13.2 Å². The van der Waals surface area contributed by atoms with Crippen LogP contribution in [0.15, 0.2) is 18.2 Å². The van der Waals surface area contributed by atoms with Gasteiger partial charge in [-0.3, -0.25) is 0 Å². The summed E-state index contributed by atoms with van der Waals surface area (Å²) in [6, 6.07) is 3.88. The number of halogens is 3. The van der Waals surface area contributed by atoms with Gasteiger partial charge in [0, 0.05) is 13.2 Å². The summed E-state index contributed by atoms with van der Waals surface area (Å²) in [4.78, 5) is 0. The number of nitrogens with two attached hydrogens (primary N) is 1. The lowest BCUT2D eigenvalue weighted by Crippen LogP contribution is -2.25. The van der Waals surface area contributed by atoms with Crippen LogP contribution in [0.3, 0.4) is 0 Å². The van der Waals surface area contributed by atoms with E-state index >= 15 is 0 Å². The van der Waals surface area contributed by atoms with Crippen molar-refractivity contribution in [3.8, 4) is 5.75 Å². The molecule has 0 bridgehead atoms. The van der Waals surface area contributed by atoms with Crippen molar-refractivity contribution < 1.29 is 22.6 Å². The number of hydrogen-bond donors (Lipinski definition) is 1. The van der Waals surface area contributed by atoms with Crippen molar-refractivity contribution in [1.82, 2.24) is 0 Å². The standard InChI is InChI=1S/C14H18F3NO2/c15-14(16,17)13-7-11(5-4-10(13)8-18)20-9-12-3-1-2-6-19-12/h4-5,7,12H,1-3,6,8-9,18H2. The maximum absolute atomic E-state index is 12.9. The maximum Gasteiger partial charge on any atom is 0.416 e. The fourth-order valence-corrected chi connectivity index (χ4v) is 2.22. The molecule has 112 valence electrons. The molecule has 0 radical (unpaired) electrons. The average Bonchev–Trinajstić information content (AvgIpc) is 2.45. The van der Waals surface area contributed by atoms with Crippen molar-refractivity contribution in [3.05, 3.63) is 29.3 Å². The van der Waals surface area contributed by atoms with Gasteiger partial charge in [-0.05, 0) is 37.0 Å². The van der Waals surface area contributed by atoms with Crippen molar-refractivity contribution >= 4 is 0 Å². The van der Waals surface area contributed by atoms with Gasteiger partial charge in [0.05, 0.1) is 11.7 Å². The molecule has 1 atom stereocenters. The molecular formula is C14H18F3NO2. The summed E-state index contributed by atoms with van der Waals surface area (Å²) >= 11 is 0. The highest BCUT2D eigenvalue weighted by atomic mass is 19.4. The summed E-state index contributed by atoms with van der Waals surface area (Å²) in [6.07, 6.45) is -1.48. The molecule has 1 unspecified atom stereocenters. The zero-order valence-corrected chi connectivity index (χ0v) is 11.1. The van der Waals surface area contributed by atoms with Crippen LogP contribution in [0.2, 0.25) is 0 Å². The largest absolute Gasteiger partial charge is 0.491 e. The van der Waals surface area contributed by atoms with Crippen LogP contribution in [0.25, 0.3) is 0 Å². The molecule has 3 nitrogen and oxygen atoms in total. The van der Waals surface area contributed by atoms with Crippen molar-refractivity contribution in [1.29, 1.82) is 0 Å². The van der Waals surface area contributed by atoms with Gasteiger partial charge in [0.2, 0.25) is 0 Å². The first-order chi connectivity index (χ1) is 9.50. The second kappa shape index (κ2) is 6.45. The first kappa shape index (κ1) is 15.1. The first-order valence-electron chi connectivity index (χ1n) is 6.65. The number of hydrogen-bond acceptors (Lipinski definition) is 3. The molecule has 1 aromatic carbocycles. The fourth-order valence-electron chi connectivity index (χ4n) is 2.22. The van der Waals surface area contributed by atoms with E-state index in [2.05, 4.69) is 0 Å². The molecule has 1 aromatic rings. The second-order valence-corrected chi connectivity index (χ2v) is 4.82. The summed E-state index contributed by atoms with van der Waals surface area (Å²) in [5.41, 5.74) is 4.66. The predicted octanol–water partition coefficient (Wildman–Crippen LogP) is 3.11. The van der Waals surface area contributed by atoms with E-state index < -0.39 is 11.7 Å². The molecule has 0 saturated carbocycles. The van der Waals surface area contributed by atoms with Crippen LogP contribution in [-0.2, 0) is 17.5 Å². The van der Waals surface area contributed by atoms with E-state index in [1.807, 2.05) is 0 Å². The lowest BCUT2D eigenvalue weighted by molar-refractivity contribution is -0.138. The molecule has 0 aromatic heterocycles. The summed E-state index contributed by atoms with van der Waals surface area (Å²) in [6.45, 7) is 0.814. The minimum Gasteiger partial charge on any atom is -0.491 e. The molecule has 20 heavy (non-hydrogen) atoms. The highest BCUT2D eigenvalue weighted by Crippen LogP contribution is 2.34. The van der Waals surface area contributed by atoms with Gasteiger partial charge in [-0.15, -0.1) is 0 Å². The Kier molecular flexibility index (Phi) is 4.88. The first-order valence-corrected chi connectivity index (χ1v) is 6.65.